The number of hydrogen-bond donors (Lipinski definition) is 0. The van der Waals surface area contributed by atoms with Crippen LogP contribution in [0.3, 0.4) is 0 Å². The first-order valence-corrected chi connectivity index (χ1v) is 8.44. The van der Waals surface area contributed by atoms with Gasteiger partial charge in [0.15, 0.2) is 0 Å². The standard InChI is InChI=1S/C19H18O2S/c1-2-21-19(20)12-11-16-15-8-4-3-7-14(15)13-22-18-10-6-5-9-17(16)18/h3-11H,2,12-13H2,1H3. The molecule has 0 fully saturated rings. The van der Waals surface area contributed by atoms with Crippen molar-refractivity contribution in [1.82, 2.24) is 0 Å². The van der Waals surface area contributed by atoms with Gasteiger partial charge in [-0.3, -0.25) is 4.79 Å². The molecule has 0 saturated heterocycles. The number of hydrogen-bond acceptors (Lipinski definition) is 3. The van der Waals surface area contributed by atoms with Crippen molar-refractivity contribution in [2.45, 2.75) is 24.0 Å². The van der Waals surface area contributed by atoms with Crippen molar-refractivity contribution in [3.8, 4) is 0 Å². The second-order valence-corrected chi connectivity index (χ2v) is 6.09. The van der Waals surface area contributed by atoms with Crippen LogP contribution >= 0.6 is 11.8 Å². The van der Waals surface area contributed by atoms with E-state index >= 15 is 0 Å². The molecule has 0 spiro atoms. The number of ether oxygens (including phenoxy) is 1. The Morgan fingerprint density at radius 3 is 2.68 bits per heavy atom. The largest absolute Gasteiger partial charge is 0.466 e. The first-order valence-electron chi connectivity index (χ1n) is 7.46. The van der Waals surface area contributed by atoms with Crippen molar-refractivity contribution in [3.63, 3.8) is 0 Å². The summed E-state index contributed by atoms with van der Waals surface area (Å²) in [5.41, 5.74) is 4.84. The van der Waals surface area contributed by atoms with Gasteiger partial charge in [-0.15, -0.1) is 11.8 Å². The van der Waals surface area contributed by atoms with Gasteiger partial charge in [0.25, 0.3) is 0 Å². The fourth-order valence-electron chi connectivity index (χ4n) is 2.65. The van der Waals surface area contributed by atoms with Crippen molar-refractivity contribution in [2.75, 3.05) is 6.61 Å². The van der Waals surface area contributed by atoms with Gasteiger partial charge in [0.2, 0.25) is 0 Å². The van der Waals surface area contributed by atoms with E-state index in [4.69, 9.17) is 4.74 Å². The normalized spacial score (nSPS) is 14.9. The molecule has 2 nitrogen and oxygen atoms in total. The number of benzene rings is 2. The molecule has 1 heterocycles. The lowest BCUT2D eigenvalue weighted by molar-refractivity contribution is -0.142. The molecule has 0 aromatic heterocycles. The Hall–Kier alpha value is -2.00. The summed E-state index contributed by atoms with van der Waals surface area (Å²) < 4.78 is 5.05. The Kier molecular flexibility index (Phi) is 4.64. The molecule has 2 aromatic carbocycles. The van der Waals surface area contributed by atoms with Crippen LogP contribution in [0, 0.1) is 0 Å². The number of carbonyl (C=O) groups excluding carboxylic acids is 1. The lowest BCUT2D eigenvalue weighted by Crippen LogP contribution is -2.02. The predicted molar refractivity (Wildman–Crippen MR) is 90.8 cm³/mol. The zero-order valence-corrected chi connectivity index (χ0v) is 13.4. The first kappa shape index (κ1) is 14.9. The van der Waals surface area contributed by atoms with Crippen LogP contribution in [0.2, 0.25) is 0 Å². The number of rotatable bonds is 3. The van der Waals surface area contributed by atoms with Gasteiger partial charge in [-0.05, 0) is 35.3 Å². The summed E-state index contributed by atoms with van der Waals surface area (Å²) in [6.45, 7) is 2.25. The fourth-order valence-corrected chi connectivity index (χ4v) is 3.72. The Balaban J connectivity index is 2.06. The van der Waals surface area contributed by atoms with E-state index in [-0.39, 0.29) is 5.97 Å². The highest BCUT2D eigenvalue weighted by Gasteiger charge is 2.18. The maximum atomic E-state index is 11.7. The Morgan fingerprint density at radius 1 is 1.14 bits per heavy atom. The lowest BCUT2D eigenvalue weighted by Gasteiger charge is -2.11. The van der Waals surface area contributed by atoms with E-state index in [1.54, 1.807) is 0 Å². The van der Waals surface area contributed by atoms with Crippen LogP contribution in [-0.2, 0) is 15.3 Å². The third-order valence-corrected chi connectivity index (χ3v) is 4.77. The zero-order valence-electron chi connectivity index (χ0n) is 12.5. The van der Waals surface area contributed by atoms with E-state index in [2.05, 4.69) is 42.5 Å². The van der Waals surface area contributed by atoms with Gasteiger partial charge in [0.1, 0.15) is 0 Å². The summed E-state index contributed by atoms with van der Waals surface area (Å²) in [7, 11) is 0. The molecule has 0 atom stereocenters. The molecule has 3 rings (SSSR count). The molecular weight excluding hydrogens is 292 g/mol. The summed E-state index contributed by atoms with van der Waals surface area (Å²) in [5.74, 6) is 0.770. The molecule has 0 unspecified atom stereocenters. The molecule has 0 bridgehead atoms. The maximum Gasteiger partial charge on any atom is 0.309 e. The Bertz CT molecular complexity index is 669. The highest BCUT2D eigenvalue weighted by molar-refractivity contribution is 7.98. The molecule has 112 valence electrons. The summed E-state index contributed by atoms with van der Waals surface area (Å²) in [6, 6.07) is 16.8. The molecule has 0 radical (unpaired) electrons. The molecule has 2 aromatic rings. The van der Waals surface area contributed by atoms with Gasteiger partial charge in [0.05, 0.1) is 13.0 Å². The third kappa shape index (κ3) is 3.09. The molecule has 0 aliphatic carbocycles. The number of esters is 1. The molecule has 1 aliphatic rings. The average Bonchev–Trinajstić information content (AvgIpc) is 2.70. The van der Waals surface area contributed by atoms with Crippen LogP contribution in [0.25, 0.3) is 5.57 Å². The van der Waals surface area contributed by atoms with Crippen LogP contribution in [0.4, 0.5) is 0 Å². The SMILES string of the molecule is CCOC(=O)CC=C1c2ccccc2CSc2ccccc21. The first-order chi connectivity index (χ1) is 10.8. The molecule has 3 heteroatoms. The average molecular weight is 310 g/mol. The molecular formula is C19H18O2S. The molecule has 0 saturated carbocycles. The van der Waals surface area contributed by atoms with E-state index in [0.717, 1.165) is 11.3 Å². The van der Waals surface area contributed by atoms with Crippen molar-refractivity contribution < 1.29 is 9.53 Å². The minimum atomic E-state index is -0.179. The highest BCUT2D eigenvalue weighted by Crippen LogP contribution is 2.39. The van der Waals surface area contributed by atoms with Gasteiger partial charge < -0.3 is 4.74 Å². The van der Waals surface area contributed by atoms with Crippen LogP contribution in [-0.4, -0.2) is 12.6 Å². The van der Waals surface area contributed by atoms with E-state index in [0.29, 0.717) is 13.0 Å². The number of fused-ring (bicyclic) bond motifs is 2. The van der Waals surface area contributed by atoms with Crippen molar-refractivity contribution in [3.05, 3.63) is 71.3 Å². The van der Waals surface area contributed by atoms with Crippen LogP contribution in [0.5, 0.6) is 0 Å². The minimum Gasteiger partial charge on any atom is -0.466 e. The van der Waals surface area contributed by atoms with Gasteiger partial charge in [-0.1, -0.05) is 48.5 Å². The van der Waals surface area contributed by atoms with Crippen LogP contribution in [0.15, 0.2) is 59.5 Å². The Morgan fingerprint density at radius 2 is 1.86 bits per heavy atom. The molecule has 22 heavy (non-hydrogen) atoms. The summed E-state index contributed by atoms with van der Waals surface area (Å²) >= 11 is 1.84. The minimum absolute atomic E-state index is 0.179. The number of carbonyl (C=O) groups is 1. The summed E-state index contributed by atoms with van der Waals surface area (Å²) in [5, 5.41) is 0. The predicted octanol–water partition coefficient (Wildman–Crippen LogP) is 4.68. The van der Waals surface area contributed by atoms with Crippen molar-refractivity contribution >= 4 is 23.3 Å². The number of thioether (sulfide) groups is 1. The molecule has 0 N–H and O–H groups in total. The summed E-state index contributed by atoms with van der Waals surface area (Å²) in [6.07, 6.45) is 2.30. The fraction of sp³-hybridized carbons (Fsp3) is 0.211. The van der Waals surface area contributed by atoms with Gasteiger partial charge >= 0.3 is 5.97 Å². The van der Waals surface area contributed by atoms with Crippen molar-refractivity contribution in [1.29, 1.82) is 0 Å². The third-order valence-electron chi connectivity index (χ3n) is 3.65. The molecule has 0 amide bonds. The topological polar surface area (TPSA) is 26.3 Å². The van der Waals surface area contributed by atoms with Crippen LogP contribution < -0.4 is 0 Å². The quantitative estimate of drug-likeness (QED) is 0.770. The lowest BCUT2D eigenvalue weighted by atomic mass is 9.93. The highest BCUT2D eigenvalue weighted by atomic mass is 32.2. The van der Waals surface area contributed by atoms with Gasteiger partial charge in [-0.25, -0.2) is 0 Å². The Labute approximate surface area is 135 Å². The van der Waals surface area contributed by atoms with Gasteiger partial charge in [0, 0.05) is 10.6 Å². The summed E-state index contributed by atoms with van der Waals surface area (Å²) in [4.78, 5) is 13.0. The smallest absolute Gasteiger partial charge is 0.309 e. The monoisotopic (exact) mass is 310 g/mol. The van der Waals surface area contributed by atoms with E-state index in [9.17, 15) is 4.79 Å². The second kappa shape index (κ2) is 6.84. The van der Waals surface area contributed by atoms with E-state index < -0.39 is 0 Å². The second-order valence-electron chi connectivity index (χ2n) is 5.07. The van der Waals surface area contributed by atoms with Crippen LogP contribution in [0.1, 0.15) is 30.0 Å². The van der Waals surface area contributed by atoms with E-state index in [1.165, 1.54) is 21.6 Å². The van der Waals surface area contributed by atoms with Gasteiger partial charge in [-0.2, -0.15) is 0 Å². The van der Waals surface area contributed by atoms with E-state index in [1.807, 2.05) is 30.8 Å². The maximum absolute atomic E-state index is 11.7. The van der Waals surface area contributed by atoms with Crippen molar-refractivity contribution in [2.24, 2.45) is 0 Å². The zero-order chi connectivity index (χ0) is 15.4. The molecule has 1 aliphatic heterocycles.